The van der Waals surface area contributed by atoms with Crippen molar-refractivity contribution in [1.29, 1.82) is 0 Å². The standard InChI is InChI=1S/C26H30N2O2S2/c29-25-24(20-31-23-14-8-3-9-15-23)26(30)28(19-17-22-12-6-2-7-13-22)32-27(25)18-16-21-10-4-1-5-11-21/h1-2,4-7,10-13,20,23H,3,8-9,14-19H2. The predicted molar refractivity (Wildman–Crippen MR) is 134 cm³/mol. The van der Waals surface area contributed by atoms with Crippen LogP contribution in [0.3, 0.4) is 0 Å². The maximum atomic E-state index is 13.2. The number of hydrogen-bond donors (Lipinski definition) is 0. The molecule has 0 N–H and O–H groups in total. The van der Waals surface area contributed by atoms with Gasteiger partial charge < -0.3 is 0 Å². The second-order valence-electron chi connectivity index (χ2n) is 8.29. The Hall–Kier alpha value is -2.18. The average molecular weight is 467 g/mol. The minimum Gasteiger partial charge on any atom is -0.268 e. The van der Waals surface area contributed by atoms with Crippen LogP contribution in [0.4, 0.5) is 0 Å². The van der Waals surface area contributed by atoms with E-state index in [9.17, 15) is 9.59 Å². The highest BCUT2D eigenvalue weighted by Gasteiger charge is 2.36. The summed E-state index contributed by atoms with van der Waals surface area (Å²) in [4.78, 5) is 26.5. The summed E-state index contributed by atoms with van der Waals surface area (Å²) < 4.78 is 3.51. The third-order valence-electron chi connectivity index (χ3n) is 5.93. The van der Waals surface area contributed by atoms with Crippen LogP contribution in [0.25, 0.3) is 0 Å². The summed E-state index contributed by atoms with van der Waals surface area (Å²) >= 11 is 2.95. The lowest BCUT2D eigenvalue weighted by atomic mass is 10.0. The van der Waals surface area contributed by atoms with Crippen LogP contribution in [0, 0.1) is 0 Å². The molecular formula is C26H30N2O2S2. The van der Waals surface area contributed by atoms with Crippen molar-refractivity contribution < 1.29 is 9.59 Å². The van der Waals surface area contributed by atoms with Crippen LogP contribution < -0.4 is 0 Å². The molecule has 0 spiro atoms. The molecule has 4 rings (SSSR count). The quantitative estimate of drug-likeness (QED) is 0.286. The fourth-order valence-corrected chi connectivity index (χ4v) is 6.12. The van der Waals surface area contributed by atoms with Crippen LogP contribution in [-0.2, 0) is 22.4 Å². The fourth-order valence-electron chi connectivity index (χ4n) is 4.05. The molecule has 0 aromatic heterocycles. The number of thioether (sulfide) groups is 1. The second kappa shape index (κ2) is 11.6. The van der Waals surface area contributed by atoms with Gasteiger partial charge in [-0.25, -0.2) is 0 Å². The van der Waals surface area contributed by atoms with Crippen molar-refractivity contribution in [2.75, 3.05) is 13.1 Å². The number of carbonyl (C=O) groups is 2. The largest absolute Gasteiger partial charge is 0.271 e. The van der Waals surface area contributed by atoms with Gasteiger partial charge in [-0.3, -0.25) is 18.2 Å². The summed E-state index contributed by atoms with van der Waals surface area (Å²) in [5.74, 6) is -0.314. The molecule has 32 heavy (non-hydrogen) atoms. The van der Waals surface area contributed by atoms with Crippen molar-refractivity contribution in [2.24, 2.45) is 0 Å². The first kappa shape index (κ1) is 23.0. The SMILES string of the molecule is O=C1C(=CSC2CCCCC2)C(=O)N(CCc2ccccc2)SN1CCc1ccccc1. The average Bonchev–Trinajstić information content (AvgIpc) is 2.85. The Balaban J connectivity index is 1.47. The molecule has 2 aromatic carbocycles. The number of rotatable bonds is 8. The van der Waals surface area contributed by atoms with Crippen molar-refractivity contribution in [2.45, 2.75) is 50.2 Å². The van der Waals surface area contributed by atoms with Gasteiger partial charge in [-0.2, -0.15) is 0 Å². The van der Waals surface area contributed by atoms with E-state index < -0.39 is 0 Å². The topological polar surface area (TPSA) is 40.6 Å². The van der Waals surface area contributed by atoms with Gasteiger partial charge in [-0.05, 0) is 42.2 Å². The van der Waals surface area contributed by atoms with Gasteiger partial charge in [-0.1, -0.05) is 79.9 Å². The van der Waals surface area contributed by atoms with Gasteiger partial charge in [0.15, 0.2) is 0 Å². The molecule has 1 aliphatic carbocycles. The number of hydrogen-bond acceptors (Lipinski definition) is 4. The summed E-state index contributed by atoms with van der Waals surface area (Å²) in [7, 11) is 0. The predicted octanol–water partition coefficient (Wildman–Crippen LogP) is 5.66. The Morgan fingerprint density at radius 2 is 1.28 bits per heavy atom. The lowest BCUT2D eigenvalue weighted by molar-refractivity contribution is -0.130. The van der Waals surface area contributed by atoms with Crippen LogP contribution in [0.1, 0.15) is 43.2 Å². The molecule has 1 aliphatic heterocycles. The summed E-state index contributed by atoms with van der Waals surface area (Å²) in [6.07, 6.45) is 7.65. The van der Waals surface area contributed by atoms with Gasteiger partial charge in [0, 0.05) is 18.3 Å². The van der Waals surface area contributed by atoms with Gasteiger partial charge in [0.05, 0.1) is 12.1 Å². The molecule has 0 bridgehead atoms. The lowest BCUT2D eigenvalue weighted by Crippen LogP contribution is -2.45. The maximum Gasteiger partial charge on any atom is 0.271 e. The number of amides is 2. The van der Waals surface area contributed by atoms with Crippen molar-refractivity contribution >= 4 is 35.7 Å². The molecular weight excluding hydrogens is 436 g/mol. The van der Waals surface area contributed by atoms with Gasteiger partial charge >= 0.3 is 0 Å². The first-order valence-electron chi connectivity index (χ1n) is 11.5. The van der Waals surface area contributed by atoms with Gasteiger partial charge in [0.1, 0.15) is 5.57 Å². The minimum absolute atomic E-state index is 0.157. The normalized spacial score (nSPS) is 17.7. The molecule has 0 unspecified atom stereocenters. The van der Waals surface area contributed by atoms with Crippen LogP contribution in [0.5, 0.6) is 0 Å². The molecule has 2 aliphatic rings. The first-order valence-corrected chi connectivity index (χ1v) is 13.1. The van der Waals surface area contributed by atoms with Crippen molar-refractivity contribution in [1.82, 2.24) is 8.61 Å². The van der Waals surface area contributed by atoms with E-state index in [2.05, 4.69) is 24.3 Å². The molecule has 1 saturated carbocycles. The van der Waals surface area contributed by atoms with E-state index in [0.717, 1.165) is 12.8 Å². The third-order valence-corrected chi connectivity index (χ3v) is 8.25. The fraction of sp³-hybridized carbons (Fsp3) is 0.385. The summed E-state index contributed by atoms with van der Waals surface area (Å²) in [6.45, 7) is 1.15. The highest BCUT2D eigenvalue weighted by Crippen LogP contribution is 2.33. The summed E-state index contributed by atoms with van der Waals surface area (Å²) in [5.41, 5.74) is 2.70. The highest BCUT2D eigenvalue weighted by molar-refractivity contribution is 8.02. The van der Waals surface area contributed by atoms with Crippen molar-refractivity contribution in [3.8, 4) is 0 Å². The maximum absolute atomic E-state index is 13.2. The van der Waals surface area contributed by atoms with E-state index >= 15 is 0 Å². The molecule has 2 fully saturated rings. The molecule has 4 nitrogen and oxygen atoms in total. The molecule has 1 heterocycles. The second-order valence-corrected chi connectivity index (χ2v) is 10.5. The zero-order valence-electron chi connectivity index (χ0n) is 18.3. The Bertz CT molecular complexity index is 864. The van der Waals surface area contributed by atoms with E-state index in [0.29, 0.717) is 23.9 Å². The number of benzene rings is 2. The monoisotopic (exact) mass is 466 g/mol. The molecule has 2 amide bonds. The summed E-state index contributed by atoms with van der Waals surface area (Å²) in [6, 6.07) is 20.4. The van der Waals surface area contributed by atoms with E-state index in [1.807, 2.05) is 41.8 Å². The molecule has 2 aromatic rings. The highest BCUT2D eigenvalue weighted by atomic mass is 32.2. The lowest BCUT2D eigenvalue weighted by Gasteiger charge is -2.34. The van der Waals surface area contributed by atoms with Crippen LogP contribution in [0.15, 0.2) is 71.6 Å². The van der Waals surface area contributed by atoms with Crippen LogP contribution in [0.2, 0.25) is 0 Å². The Labute approximate surface area is 199 Å². The third kappa shape index (κ3) is 6.20. The van der Waals surface area contributed by atoms with Gasteiger partial charge in [0.25, 0.3) is 11.8 Å². The van der Waals surface area contributed by atoms with Gasteiger partial charge in [0.2, 0.25) is 0 Å². The Morgan fingerprint density at radius 3 is 1.78 bits per heavy atom. The molecule has 6 heteroatoms. The molecule has 1 saturated heterocycles. The van der Waals surface area contributed by atoms with E-state index in [4.69, 9.17) is 0 Å². The van der Waals surface area contributed by atoms with Crippen molar-refractivity contribution in [3.05, 3.63) is 82.8 Å². The van der Waals surface area contributed by atoms with Crippen LogP contribution >= 0.6 is 23.9 Å². The van der Waals surface area contributed by atoms with E-state index in [-0.39, 0.29) is 11.8 Å². The zero-order chi connectivity index (χ0) is 22.2. The van der Waals surface area contributed by atoms with Crippen molar-refractivity contribution in [3.63, 3.8) is 0 Å². The molecule has 168 valence electrons. The summed E-state index contributed by atoms with van der Waals surface area (Å²) in [5, 5.41) is 2.37. The Kier molecular flexibility index (Phi) is 8.35. The minimum atomic E-state index is -0.157. The van der Waals surface area contributed by atoms with Gasteiger partial charge in [-0.15, -0.1) is 11.8 Å². The Morgan fingerprint density at radius 1 is 0.781 bits per heavy atom. The number of carbonyl (C=O) groups excluding carboxylic acids is 2. The smallest absolute Gasteiger partial charge is 0.268 e. The van der Waals surface area contributed by atoms with Crippen LogP contribution in [-0.4, -0.2) is 38.8 Å². The number of nitrogens with zero attached hydrogens (tertiary/aromatic N) is 2. The van der Waals surface area contributed by atoms with E-state index in [1.165, 1.54) is 55.4 Å². The zero-order valence-corrected chi connectivity index (χ0v) is 20.0. The molecule has 0 atom stereocenters. The molecule has 0 radical (unpaired) electrons. The van der Waals surface area contributed by atoms with E-state index in [1.54, 1.807) is 20.4 Å². The first-order chi connectivity index (χ1) is 15.7.